The molecule has 1 amide bonds. The SMILES string of the molecule is CC(C)CNC(=O)c1ccc(CCO[Si](C)(C)C(C)(C)C)cc1. The number of amides is 1. The molecule has 1 aromatic carbocycles. The van der Waals surface area contributed by atoms with Crippen LogP contribution in [-0.4, -0.2) is 27.4 Å². The molecular weight excluding hydrogens is 302 g/mol. The van der Waals surface area contributed by atoms with E-state index >= 15 is 0 Å². The minimum atomic E-state index is -1.67. The fourth-order valence-electron chi connectivity index (χ4n) is 1.86. The van der Waals surface area contributed by atoms with Crippen LogP contribution in [0.15, 0.2) is 24.3 Å². The van der Waals surface area contributed by atoms with Crippen molar-refractivity contribution in [3.8, 4) is 0 Å². The summed E-state index contributed by atoms with van der Waals surface area (Å²) in [4.78, 5) is 12.0. The predicted octanol–water partition coefficient (Wildman–Crippen LogP) is 4.64. The summed E-state index contributed by atoms with van der Waals surface area (Å²) < 4.78 is 6.20. The standard InChI is InChI=1S/C19H33NO2Si/c1-15(2)14-20-18(21)17-10-8-16(9-11-17)12-13-22-23(6,7)19(3,4)5/h8-11,15H,12-14H2,1-7H3,(H,20,21). The minimum absolute atomic E-state index is 0.00257. The second-order valence-corrected chi connectivity index (χ2v) is 13.0. The van der Waals surface area contributed by atoms with Gasteiger partial charge in [0.25, 0.3) is 5.91 Å². The van der Waals surface area contributed by atoms with Crippen LogP contribution >= 0.6 is 0 Å². The largest absolute Gasteiger partial charge is 0.416 e. The molecule has 1 aromatic rings. The molecule has 0 spiro atoms. The fourth-order valence-corrected chi connectivity index (χ4v) is 2.91. The van der Waals surface area contributed by atoms with Crippen molar-refractivity contribution < 1.29 is 9.22 Å². The first-order valence-electron chi connectivity index (χ1n) is 8.54. The first kappa shape index (κ1) is 19.9. The molecule has 3 nitrogen and oxygen atoms in total. The van der Waals surface area contributed by atoms with E-state index in [1.165, 1.54) is 5.56 Å². The van der Waals surface area contributed by atoms with Gasteiger partial charge < -0.3 is 9.74 Å². The Morgan fingerprint density at radius 3 is 2.22 bits per heavy atom. The molecule has 0 aliphatic carbocycles. The van der Waals surface area contributed by atoms with Crippen molar-refractivity contribution in [3.05, 3.63) is 35.4 Å². The number of benzene rings is 1. The number of carbonyl (C=O) groups excluding carboxylic acids is 1. The molecule has 0 fully saturated rings. The Bertz CT molecular complexity index is 501. The van der Waals surface area contributed by atoms with Gasteiger partial charge in [-0.05, 0) is 48.2 Å². The topological polar surface area (TPSA) is 38.3 Å². The lowest BCUT2D eigenvalue weighted by Gasteiger charge is -2.36. The highest BCUT2D eigenvalue weighted by Crippen LogP contribution is 2.36. The monoisotopic (exact) mass is 335 g/mol. The zero-order valence-corrected chi connectivity index (χ0v) is 16.8. The molecule has 0 unspecified atom stereocenters. The molecule has 1 N–H and O–H groups in total. The molecule has 0 aliphatic heterocycles. The van der Waals surface area contributed by atoms with Crippen LogP contribution in [0.2, 0.25) is 18.1 Å². The van der Waals surface area contributed by atoms with Gasteiger partial charge in [-0.3, -0.25) is 4.79 Å². The van der Waals surface area contributed by atoms with Crippen LogP contribution in [0.5, 0.6) is 0 Å². The van der Waals surface area contributed by atoms with E-state index in [-0.39, 0.29) is 10.9 Å². The van der Waals surface area contributed by atoms with E-state index in [9.17, 15) is 4.79 Å². The Hall–Kier alpha value is -1.13. The van der Waals surface area contributed by atoms with Gasteiger partial charge in [0.05, 0.1) is 0 Å². The number of rotatable bonds is 7. The fraction of sp³-hybridized carbons (Fsp3) is 0.632. The molecule has 0 aromatic heterocycles. The van der Waals surface area contributed by atoms with Crippen molar-refractivity contribution in [2.24, 2.45) is 5.92 Å². The van der Waals surface area contributed by atoms with Gasteiger partial charge in [-0.25, -0.2) is 0 Å². The Balaban J connectivity index is 2.50. The minimum Gasteiger partial charge on any atom is -0.416 e. The number of hydrogen-bond donors (Lipinski definition) is 1. The third-order valence-corrected chi connectivity index (χ3v) is 9.09. The molecule has 23 heavy (non-hydrogen) atoms. The maximum Gasteiger partial charge on any atom is 0.251 e. The predicted molar refractivity (Wildman–Crippen MR) is 100 cm³/mol. The van der Waals surface area contributed by atoms with E-state index in [4.69, 9.17) is 4.43 Å². The summed E-state index contributed by atoms with van der Waals surface area (Å²) in [7, 11) is -1.67. The van der Waals surface area contributed by atoms with Crippen molar-refractivity contribution in [1.82, 2.24) is 5.32 Å². The molecule has 0 aliphatic rings. The van der Waals surface area contributed by atoms with Crippen molar-refractivity contribution in [1.29, 1.82) is 0 Å². The van der Waals surface area contributed by atoms with Gasteiger partial charge in [0, 0.05) is 18.7 Å². The first-order chi connectivity index (χ1) is 10.5. The molecule has 0 heterocycles. The second-order valence-electron chi connectivity index (χ2n) is 8.16. The van der Waals surface area contributed by atoms with E-state index in [1.54, 1.807) is 0 Å². The average molecular weight is 336 g/mol. The lowest BCUT2D eigenvalue weighted by Crippen LogP contribution is -2.41. The summed E-state index contributed by atoms with van der Waals surface area (Å²) in [6.45, 7) is 16.9. The Morgan fingerprint density at radius 1 is 1.17 bits per heavy atom. The zero-order chi connectivity index (χ0) is 17.7. The normalized spacial score (nSPS) is 12.5. The second kappa shape index (κ2) is 8.11. The van der Waals surface area contributed by atoms with Gasteiger partial charge in [-0.15, -0.1) is 0 Å². The molecule has 1 rings (SSSR count). The summed E-state index contributed by atoms with van der Waals surface area (Å²) in [6, 6.07) is 7.85. The van der Waals surface area contributed by atoms with Crippen LogP contribution in [0.1, 0.15) is 50.5 Å². The average Bonchev–Trinajstić information content (AvgIpc) is 2.44. The van der Waals surface area contributed by atoms with E-state index in [0.29, 0.717) is 12.5 Å². The van der Waals surface area contributed by atoms with E-state index in [2.05, 4.69) is 53.0 Å². The molecule has 0 radical (unpaired) electrons. The summed E-state index contributed by atoms with van der Waals surface area (Å²) in [5, 5.41) is 3.18. The summed E-state index contributed by atoms with van der Waals surface area (Å²) in [5.74, 6) is 0.466. The quantitative estimate of drug-likeness (QED) is 0.737. The first-order valence-corrected chi connectivity index (χ1v) is 11.4. The third kappa shape index (κ3) is 6.48. The van der Waals surface area contributed by atoms with Crippen LogP contribution in [0, 0.1) is 5.92 Å². The van der Waals surface area contributed by atoms with Crippen LogP contribution in [0.4, 0.5) is 0 Å². The van der Waals surface area contributed by atoms with Crippen molar-refractivity contribution in [2.75, 3.05) is 13.2 Å². The van der Waals surface area contributed by atoms with Crippen LogP contribution < -0.4 is 5.32 Å². The highest BCUT2D eigenvalue weighted by atomic mass is 28.4. The molecule has 0 saturated carbocycles. The van der Waals surface area contributed by atoms with E-state index in [1.807, 2.05) is 24.3 Å². The van der Waals surface area contributed by atoms with Gasteiger partial charge in [0.15, 0.2) is 8.32 Å². The summed E-state index contributed by atoms with van der Waals surface area (Å²) in [6.07, 6.45) is 0.889. The Kier molecular flexibility index (Phi) is 7.02. The molecule has 0 atom stereocenters. The van der Waals surface area contributed by atoms with Gasteiger partial charge in [0.2, 0.25) is 0 Å². The smallest absolute Gasteiger partial charge is 0.251 e. The number of hydrogen-bond acceptors (Lipinski definition) is 2. The Labute approximate surface area is 143 Å². The number of nitrogens with one attached hydrogen (secondary N) is 1. The van der Waals surface area contributed by atoms with Gasteiger partial charge in [-0.2, -0.15) is 0 Å². The zero-order valence-electron chi connectivity index (χ0n) is 15.8. The molecule has 0 bridgehead atoms. The molecule has 4 heteroatoms. The lowest BCUT2D eigenvalue weighted by atomic mass is 10.1. The lowest BCUT2D eigenvalue weighted by molar-refractivity contribution is 0.0949. The van der Waals surface area contributed by atoms with Crippen molar-refractivity contribution >= 4 is 14.2 Å². The maximum atomic E-state index is 12.0. The van der Waals surface area contributed by atoms with E-state index in [0.717, 1.165) is 18.6 Å². The van der Waals surface area contributed by atoms with Gasteiger partial charge >= 0.3 is 0 Å². The highest BCUT2D eigenvalue weighted by Gasteiger charge is 2.36. The molecule has 130 valence electrons. The molecular formula is C19H33NO2Si. The van der Waals surface area contributed by atoms with E-state index < -0.39 is 8.32 Å². The van der Waals surface area contributed by atoms with Crippen LogP contribution in [0.3, 0.4) is 0 Å². The highest BCUT2D eigenvalue weighted by molar-refractivity contribution is 6.74. The Morgan fingerprint density at radius 2 is 1.74 bits per heavy atom. The van der Waals surface area contributed by atoms with Crippen molar-refractivity contribution in [3.63, 3.8) is 0 Å². The third-order valence-electron chi connectivity index (χ3n) is 4.55. The van der Waals surface area contributed by atoms with Crippen LogP contribution in [-0.2, 0) is 10.8 Å². The van der Waals surface area contributed by atoms with Crippen LogP contribution in [0.25, 0.3) is 0 Å². The summed E-state index contributed by atoms with van der Waals surface area (Å²) >= 11 is 0. The molecule has 0 saturated heterocycles. The van der Waals surface area contributed by atoms with Gasteiger partial charge in [-0.1, -0.05) is 46.8 Å². The summed E-state index contributed by atoms with van der Waals surface area (Å²) in [5.41, 5.74) is 1.93. The maximum absolute atomic E-state index is 12.0. The van der Waals surface area contributed by atoms with Crippen molar-refractivity contribution in [2.45, 2.75) is 59.2 Å². The number of carbonyl (C=O) groups is 1. The van der Waals surface area contributed by atoms with Gasteiger partial charge in [0.1, 0.15) is 0 Å².